The summed E-state index contributed by atoms with van der Waals surface area (Å²) in [6, 6.07) is 12.7. The van der Waals surface area contributed by atoms with Gasteiger partial charge < -0.3 is 35.0 Å². The number of carbonyl (C=O) groups is 3. The van der Waals surface area contributed by atoms with Crippen LogP contribution in [0.25, 0.3) is 10.1 Å². The number of likely N-dealkylation sites (tertiary alicyclic amines) is 1. The number of nitrogens with one attached hydrogen (secondary N) is 2. The number of halogens is 2. The third-order valence-corrected chi connectivity index (χ3v) is 11.6. The van der Waals surface area contributed by atoms with Crippen molar-refractivity contribution < 1.29 is 42.3 Å². The van der Waals surface area contributed by atoms with Gasteiger partial charge in [-0.1, -0.05) is 36.4 Å². The summed E-state index contributed by atoms with van der Waals surface area (Å²) in [7, 11) is -5.77. The Hall–Kier alpha value is -3.26. The molecule has 0 spiro atoms. The van der Waals surface area contributed by atoms with E-state index < -0.39 is 36.8 Å². The topological polar surface area (TPSA) is 149 Å². The Morgan fingerprint density at radius 1 is 1.06 bits per heavy atom. The van der Waals surface area contributed by atoms with E-state index in [1.807, 2.05) is 30.3 Å². The van der Waals surface area contributed by atoms with E-state index in [1.165, 1.54) is 12.1 Å². The van der Waals surface area contributed by atoms with Gasteiger partial charge in [-0.2, -0.15) is 8.78 Å². The summed E-state index contributed by atoms with van der Waals surface area (Å²) >= 11 is 1.03. The van der Waals surface area contributed by atoms with Crippen LogP contribution in [0.1, 0.15) is 59.0 Å². The summed E-state index contributed by atoms with van der Waals surface area (Å²) in [4.78, 5) is 63.6. The molecular weight excluding hydrogens is 665 g/mol. The standard InChI is InChI=1S/C33H39F2N4O7PS/c34-33(35,47(43,44)45)24-8-9-28-23(18-24)19-29(48-28)30(40)37-25(17-21-10-12-36-13-11-21)31(41)39-14-4-7-26(39)32(42)38-15-16-46-27(20-38)22-5-2-1-3-6-22/h1-3,5-6,8-9,18-19,21,25-27,36H,4,7,10-17,20H2,(H,37,40)(H2,43,44,45)/t25-,26-,27-/m0/s1. The summed E-state index contributed by atoms with van der Waals surface area (Å²) in [6.45, 7) is 3.16. The quantitative estimate of drug-likeness (QED) is 0.242. The number of thiophene rings is 1. The van der Waals surface area contributed by atoms with Crippen LogP contribution < -0.4 is 10.6 Å². The molecule has 3 amide bonds. The number of fused-ring (bicyclic) bond motifs is 1. The predicted octanol–water partition coefficient (Wildman–Crippen LogP) is 4.21. The Kier molecular flexibility index (Phi) is 10.3. The molecule has 3 aromatic rings. The first-order valence-corrected chi connectivity index (χ1v) is 18.6. The van der Waals surface area contributed by atoms with Crippen molar-refractivity contribution in [2.75, 3.05) is 39.3 Å². The predicted molar refractivity (Wildman–Crippen MR) is 176 cm³/mol. The summed E-state index contributed by atoms with van der Waals surface area (Å²) in [5.41, 5.74) is -4.26. The molecule has 0 radical (unpaired) electrons. The Labute approximate surface area is 280 Å². The van der Waals surface area contributed by atoms with Crippen LogP contribution >= 0.6 is 18.9 Å². The van der Waals surface area contributed by atoms with Crippen LogP contribution in [0.15, 0.2) is 54.6 Å². The molecule has 6 rings (SSSR count). The van der Waals surface area contributed by atoms with Crippen molar-refractivity contribution in [2.24, 2.45) is 5.92 Å². The van der Waals surface area contributed by atoms with Crippen LogP contribution in [-0.4, -0.2) is 88.7 Å². The lowest BCUT2D eigenvalue weighted by Crippen LogP contribution is -2.56. The zero-order valence-corrected chi connectivity index (χ0v) is 27.9. The van der Waals surface area contributed by atoms with Crippen molar-refractivity contribution >= 4 is 46.7 Å². The highest BCUT2D eigenvalue weighted by Gasteiger charge is 2.50. The number of amides is 3. The maximum atomic E-state index is 14.4. The number of piperidine rings is 1. The molecule has 15 heteroatoms. The van der Waals surface area contributed by atoms with Gasteiger partial charge >= 0.3 is 13.3 Å². The van der Waals surface area contributed by atoms with Gasteiger partial charge in [0.25, 0.3) is 5.91 Å². The third-order valence-electron chi connectivity index (χ3n) is 9.45. The first-order valence-electron chi connectivity index (χ1n) is 16.2. The molecule has 48 heavy (non-hydrogen) atoms. The van der Waals surface area contributed by atoms with E-state index >= 15 is 0 Å². The van der Waals surface area contributed by atoms with Crippen molar-refractivity contribution in [2.45, 2.75) is 56.0 Å². The molecule has 1 aromatic heterocycles. The second kappa shape index (κ2) is 14.3. The molecule has 3 saturated heterocycles. The Bertz CT molecular complexity index is 1700. The van der Waals surface area contributed by atoms with Gasteiger partial charge in [0.1, 0.15) is 18.2 Å². The largest absolute Gasteiger partial charge is 0.399 e. The van der Waals surface area contributed by atoms with Gasteiger partial charge in [0.2, 0.25) is 11.8 Å². The lowest BCUT2D eigenvalue weighted by atomic mass is 9.90. The number of morpholine rings is 1. The molecule has 0 aliphatic carbocycles. The van der Waals surface area contributed by atoms with E-state index in [1.54, 1.807) is 9.80 Å². The molecule has 0 saturated carbocycles. The third kappa shape index (κ3) is 7.34. The van der Waals surface area contributed by atoms with E-state index in [-0.39, 0.29) is 34.1 Å². The van der Waals surface area contributed by atoms with Gasteiger partial charge in [-0.25, -0.2) is 0 Å². The maximum absolute atomic E-state index is 14.4. The van der Waals surface area contributed by atoms with Gasteiger partial charge in [-0.05, 0) is 80.3 Å². The molecule has 3 atom stereocenters. The average molecular weight is 705 g/mol. The highest BCUT2D eigenvalue weighted by Crippen LogP contribution is 2.59. The van der Waals surface area contributed by atoms with Crippen molar-refractivity contribution in [3.8, 4) is 0 Å². The van der Waals surface area contributed by atoms with E-state index in [0.29, 0.717) is 50.2 Å². The highest BCUT2D eigenvalue weighted by atomic mass is 32.1. The molecule has 4 N–H and O–H groups in total. The van der Waals surface area contributed by atoms with Crippen molar-refractivity contribution in [3.05, 3.63) is 70.6 Å². The van der Waals surface area contributed by atoms with Gasteiger partial charge in [0.05, 0.1) is 18.0 Å². The lowest BCUT2D eigenvalue weighted by Gasteiger charge is -2.37. The minimum Gasteiger partial charge on any atom is -0.370 e. The number of alkyl halides is 2. The summed E-state index contributed by atoms with van der Waals surface area (Å²) in [5.74, 6) is -0.851. The molecule has 3 fully saturated rings. The number of nitrogens with zero attached hydrogens (tertiary/aromatic N) is 2. The SMILES string of the molecule is O=C(N[C@@H](CC1CCNCC1)C(=O)N1CCC[C@H]1C(=O)N1CCO[C@H](c2ccccc2)C1)c1cc2cc(C(F)(F)P(=O)(O)O)ccc2s1. The zero-order chi connectivity index (χ0) is 34.1. The van der Waals surface area contributed by atoms with Gasteiger partial charge in [0, 0.05) is 23.4 Å². The monoisotopic (exact) mass is 704 g/mol. The maximum Gasteiger partial charge on any atom is 0.399 e. The fourth-order valence-corrected chi connectivity index (χ4v) is 8.25. The fourth-order valence-electron chi connectivity index (χ4n) is 6.83. The van der Waals surface area contributed by atoms with Crippen LogP contribution in [0.2, 0.25) is 0 Å². The number of hydrogen-bond acceptors (Lipinski definition) is 7. The van der Waals surface area contributed by atoms with Crippen LogP contribution in [0.4, 0.5) is 8.78 Å². The second-order valence-corrected chi connectivity index (χ2v) is 15.4. The smallest absolute Gasteiger partial charge is 0.370 e. The molecule has 3 aliphatic heterocycles. The molecule has 2 aromatic carbocycles. The zero-order valence-electron chi connectivity index (χ0n) is 26.2. The Balaban J connectivity index is 1.20. The number of ether oxygens (including phenoxy) is 1. The van der Waals surface area contributed by atoms with Crippen LogP contribution in [0.3, 0.4) is 0 Å². The number of carbonyl (C=O) groups excluding carboxylic acids is 3. The minimum absolute atomic E-state index is 0.135. The summed E-state index contributed by atoms with van der Waals surface area (Å²) < 4.78 is 46.6. The summed E-state index contributed by atoms with van der Waals surface area (Å²) in [6.07, 6.45) is 2.96. The van der Waals surface area contributed by atoms with E-state index in [4.69, 9.17) is 14.5 Å². The van der Waals surface area contributed by atoms with E-state index in [2.05, 4.69) is 10.6 Å². The molecule has 0 unspecified atom stereocenters. The molecule has 258 valence electrons. The van der Waals surface area contributed by atoms with Gasteiger partial charge in [-0.15, -0.1) is 11.3 Å². The Morgan fingerprint density at radius 3 is 2.54 bits per heavy atom. The average Bonchev–Trinajstić information content (AvgIpc) is 3.75. The van der Waals surface area contributed by atoms with E-state index in [9.17, 15) is 27.7 Å². The summed E-state index contributed by atoms with van der Waals surface area (Å²) in [5, 5.41) is 6.43. The lowest BCUT2D eigenvalue weighted by molar-refractivity contribution is -0.149. The normalized spacial score (nSPS) is 21.8. The van der Waals surface area contributed by atoms with Crippen molar-refractivity contribution in [1.82, 2.24) is 20.4 Å². The number of benzene rings is 2. The fraction of sp³-hybridized carbons (Fsp3) is 0.485. The van der Waals surface area contributed by atoms with Crippen LogP contribution in [0.5, 0.6) is 0 Å². The van der Waals surface area contributed by atoms with Crippen molar-refractivity contribution in [1.29, 1.82) is 0 Å². The molecule has 3 aliphatic rings. The highest BCUT2D eigenvalue weighted by molar-refractivity contribution is 7.52. The minimum atomic E-state index is -5.77. The Morgan fingerprint density at radius 2 is 1.81 bits per heavy atom. The number of rotatable bonds is 9. The molecular formula is C33H39F2N4O7PS. The van der Waals surface area contributed by atoms with Gasteiger partial charge in [0.15, 0.2) is 0 Å². The first-order chi connectivity index (χ1) is 22.9. The molecule has 4 heterocycles. The second-order valence-electron chi connectivity index (χ2n) is 12.6. The van der Waals surface area contributed by atoms with Crippen LogP contribution in [0, 0.1) is 5.92 Å². The first kappa shape index (κ1) is 34.6. The van der Waals surface area contributed by atoms with Crippen LogP contribution in [-0.2, 0) is 24.6 Å². The van der Waals surface area contributed by atoms with Crippen molar-refractivity contribution in [3.63, 3.8) is 0 Å². The van der Waals surface area contributed by atoms with Gasteiger partial charge in [-0.3, -0.25) is 18.9 Å². The van der Waals surface area contributed by atoms with E-state index in [0.717, 1.165) is 55.0 Å². The molecule has 11 nitrogen and oxygen atoms in total. The molecule has 0 bridgehead atoms. The number of hydrogen-bond donors (Lipinski definition) is 4.